The molecule has 0 atom stereocenters. The quantitative estimate of drug-likeness (QED) is 0.897. The molecule has 0 unspecified atom stereocenters. The summed E-state index contributed by atoms with van der Waals surface area (Å²) in [6.07, 6.45) is 3.88. The average molecular weight is 244 g/mol. The molecule has 0 saturated carbocycles. The van der Waals surface area contributed by atoms with E-state index in [4.69, 9.17) is 0 Å². The van der Waals surface area contributed by atoms with Crippen molar-refractivity contribution in [1.29, 1.82) is 0 Å². The van der Waals surface area contributed by atoms with Crippen LogP contribution in [0.4, 0.5) is 11.6 Å². The zero-order chi connectivity index (χ0) is 13.1. The third-order valence-electron chi connectivity index (χ3n) is 2.71. The van der Waals surface area contributed by atoms with E-state index in [1.54, 1.807) is 6.20 Å². The number of aryl methyl sites for hydroxylation is 2. The summed E-state index contributed by atoms with van der Waals surface area (Å²) in [6.45, 7) is 9.37. The van der Waals surface area contributed by atoms with Crippen molar-refractivity contribution in [2.24, 2.45) is 5.92 Å². The van der Waals surface area contributed by atoms with E-state index < -0.39 is 0 Å². The van der Waals surface area contributed by atoms with Crippen molar-refractivity contribution < 1.29 is 0 Å². The number of imidazole rings is 1. The largest absolute Gasteiger partial charge is 0.324 e. The fraction of sp³-hybridized carbons (Fsp3) is 0.429. The summed E-state index contributed by atoms with van der Waals surface area (Å²) in [7, 11) is 0. The highest BCUT2D eigenvalue weighted by Crippen LogP contribution is 2.19. The highest BCUT2D eigenvalue weighted by Gasteiger charge is 2.08. The molecule has 0 aliphatic rings. The van der Waals surface area contributed by atoms with Crippen molar-refractivity contribution in [2.75, 3.05) is 5.32 Å². The summed E-state index contributed by atoms with van der Waals surface area (Å²) >= 11 is 0. The first-order valence-corrected chi connectivity index (χ1v) is 6.28. The molecule has 2 heterocycles. The van der Waals surface area contributed by atoms with Crippen molar-refractivity contribution in [3.05, 3.63) is 35.9 Å². The molecule has 0 aliphatic heterocycles. The topological polar surface area (TPSA) is 42.7 Å². The minimum absolute atomic E-state index is 0.592. The van der Waals surface area contributed by atoms with E-state index in [9.17, 15) is 0 Å². The summed E-state index contributed by atoms with van der Waals surface area (Å²) < 4.78 is 2.16. The zero-order valence-corrected chi connectivity index (χ0v) is 11.4. The van der Waals surface area contributed by atoms with Crippen LogP contribution in [0.2, 0.25) is 0 Å². The number of nitrogens with one attached hydrogen (secondary N) is 1. The van der Waals surface area contributed by atoms with Crippen LogP contribution in [0, 0.1) is 19.8 Å². The summed E-state index contributed by atoms with van der Waals surface area (Å²) in [5.41, 5.74) is 3.02. The number of hydrogen-bond acceptors (Lipinski definition) is 3. The fourth-order valence-corrected chi connectivity index (χ4v) is 1.92. The Morgan fingerprint density at radius 2 is 2.11 bits per heavy atom. The third-order valence-corrected chi connectivity index (χ3v) is 2.71. The molecule has 18 heavy (non-hydrogen) atoms. The smallest absolute Gasteiger partial charge is 0.207 e. The van der Waals surface area contributed by atoms with E-state index in [1.165, 1.54) is 0 Å². The normalized spacial score (nSPS) is 10.9. The van der Waals surface area contributed by atoms with Crippen molar-refractivity contribution in [3.8, 4) is 0 Å². The van der Waals surface area contributed by atoms with Crippen LogP contribution in [-0.2, 0) is 6.54 Å². The van der Waals surface area contributed by atoms with E-state index in [1.807, 2.05) is 26.0 Å². The van der Waals surface area contributed by atoms with Gasteiger partial charge in [0.25, 0.3) is 0 Å². The number of nitrogens with zero attached hydrogens (tertiary/aromatic N) is 3. The van der Waals surface area contributed by atoms with Gasteiger partial charge in [0.05, 0.1) is 17.1 Å². The third kappa shape index (κ3) is 2.88. The number of hydrogen-bond donors (Lipinski definition) is 1. The number of aromatic nitrogens is 3. The minimum Gasteiger partial charge on any atom is -0.324 e. The molecule has 1 N–H and O–H groups in total. The zero-order valence-electron chi connectivity index (χ0n) is 11.4. The van der Waals surface area contributed by atoms with Crippen LogP contribution in [-0.4, -0.2) is 14.5 Å². The molecule has 96 valence electrons. The minimum atomic E-state index is 0.592. The van der Waals surface area contributed by atoms with Gasteiger partial charge < -0.3 is 9.88 Å². The van der Waals surface area contributed by atoms with Gasteiger partial charge in [0.1, 0.15) is 0 Å². The Morgan fingerprint density at radius 1 is 1.33 bits per heavy atom. The molecular formula is C14H20N4. The number of anilines is 2. The maximum Gasteiger partial charge on any atom is 0.207 e. The van der Waals surface area contributed by atoms with Crippen molar-refractivity contribution in [2.45, 2.75) is 34.2 Å². The molecule has 2 aromatic rings. The lowest BCUT2D eigenvalue weighted by molar-refractivity contribution is 0.527. The molecule has 0 radical (unpaired) electrons. The van der Waals surface area contributed by atoms with Gasteiger partial charge in [-0.2, -0.15) is 0 Å². The van der Waals surface area contributed by atoms with E-state index in [2.05, 4.69) is 39.9 Å². The molecule has 0 bridgehead atoms. The first-order valence-electron chi connectivity index (χ1n) is 6.28. The molecule has 4 heteroatoms. The van der Waals surface area contributed by atoms with Crippen molar-refractivity contribution in [1.82, 2.24) is 14.5 Å². The Labute approximate surface area is 108 Å². The average Bonchev–Trinajstić information content (AvgIpc) is 2.61. The van der Waals surface area contributed by atoms with E-state index >= 15 is 0 Å². The maximum absolute atomic E-state index is 4.52. The van der Waals surface area contributed by atoms with Crippen LogP contribution < -0.4 is 5.32 Å². The van der Waals surface area contributed by atoms with Crippen LogP contribution >= 0.6 is 0 Å². The van der Waals surface area contributed by atoms with Gasteiger partial charge in [-0.25, -0.2) is 4.98 Å². The molecular weight excluding hydrogens is 224 g/mol. The first kappa shape index (κ1) is 12.6. The molecule has 0 saturated heterocycles. The molecule has 0 spiro atoms. The SMILES string of the molecule is Cc1cn(CC(C)C)c(Nc2cccnc2C)n1. The molecule has 0 aliphatic carbocycles. The lowest BCUT2D eigenvalue weighted by Crippen LogP contribution is -2.08. The van der Waals surface area contributed by atoms with Gasteiger partial charge in [0, 0.05) is 18.9 Å². The molecule has 2 rings (SSSR count). The van der Waals surface area contributed by atoms with Crippen LogP contribution in [0.25, 0.3) is 0 Å². The van der Waals surface area contributed by atoms with E-state index in [0.29, 0.717) is 5.92 Å². The van der Waals surface area contributed by atoms with Gasteiger partial charge in [-0.3, -0.25) is 4.98 Å². The molecule has 0 fully saturated rings. The second-order valence-corrected chi connectivity index (χ2v) is 5.01. The highest BCUT2D eigenvalue weighted by atomic mass is 15.2. The van der Waals surface area contributed by atoms with E-state index in [0.717, 1.165) is 29.6 Å². The second kappa shape index (κ2) is 5.21. The Bertz CT molecular complexity index is 528. The van der Waals surface area contributed by atoms with Crippen LogP contribution in [0.1, 0.15) is 25.2 Å². The van der Waals surface area contributed by atoms with Gasteiger partial charge in [-0.1, -0.05) is 13.8 Å². The second-order valence-electron chi connectivity index (χ2n) is 5.01. The molecule has 4 nitrogen and oxygen atoms in total. The van der Waals surface area contributed by atoms with Gasteiger partial charge >= 0.3 is 0 Å². The number of rotatable bonds is 4. The Balaban J connectivity index is 2.26. The standard InChI is InChI=1S/C14H20N4/c1-10(2)8-18-9-11(3)16-14(18)17-13-6-5-7-15-12(13)4/h5-7,9-10H,8H2,1-4H3,(H,16,17). The molecule has 2 aromatic heterocycles. The summed E-state index contributed by atoms with van der Waals surface area (Å²) in [5.74, 6) is 1.48. The van der Waals surface area contributed by atoms with Gasteiger partial charge in [0.15, 0.2) is 0 Å². The lowest BCUT2D eigenvalue weighted by atomic mass is 10.2. The Morgan fingerprint density at radius 3 is 2.78 bits per heavy atom. The molecule has 0 amide bonds. The van der Waals surface area contributed by atoms with Crippen LogP contribution in [0.3, 0.4) is 0 Å². The summed E-state index contributed by atoms with van der Waals surface area (Å²) in [6, 6.07) is 3.95. The molecule has 0 aromatic carbocycles. The Kier molecular flexibility index (Phi) is 3.65. The maximum atomic E-state index is 4.52. The predicted molar refractivity (Wildman–Crippen MR) is 74.1 cm³/mol. The lowest BCUT2D eigenvalue weighted by Gasteiger charge is -2.12. The van der Waals surface area contributed by atoms with Gasteiger partial charge in [-0.05, 0) is 31.9 Å². The monoisotopic (exact) mass is 244 g/mol. The predicted octanol–water partition coefficient (Wildman–Crippen LogP) is 3.29. The van der Waals surface area contributed by atoms with Gasteiger partial charge in [-0.15, -0.1) is 0 Å². The van der Waals surface area contributed by atoms with Crippen molar-refractivity contribution >= 4 is 11.6 Å². The summed E-state index contributed by atoms with van der Waals surface area (Å²) in [5, 5.41) is 3.36. The van der Waals surface area contributed by atoms with Crippen LogP contribution in [0.5, 0.6) is 0 Å². The highest BCUT2D eigenvalue weighted by molar-refractivity contribution is 5.56. The van der Waals surface area contributed by atoms with Crippen molar-refractivity contribution in [3.63, 3.8) is 0 Å². The fourth-order valence-electron chi connectivity index (χ4n) is 1.92. The Hall–Kier alpha value is -1.84. The first-order chi connectivity index (χ1) is 8.56. The van der Waals surface area contributed by atoms with Gasteiger partial charge in [0.2, 0.25) is 5.95 Å². The van der Waals surface area contributed by atoms with Crippen LogP contribution in [0.15, 0.2) is 24.5 Å². The summed E-state index contributed by atoms with van der Waals surface area (Å²) in [4.78, 5) is 8.80. The van der Waals surface area contributed by atoms with E-state index in [-0.39, 0.29) is 0 Å². The number of pyridine rings is 1.